The minimum Gasteiger partial charge on any atom is -0.346 e. The molecule has 2 aromatic rings. The van der Waals surface area contributed by atoms with Gasteiger partial charge in [0.25, 0.3) is 0 Å². The second-order valence-electron chi connectivity index (χ2n) is 3.03. The fraction of sp³-hybridized carbons (Fsp3) is 0.455. The lowest BCUT2D eigenvalue weighted by molar-refractivity contribution is 0.909. The standard InChI is InChI=1S/C9H11N3.C2H6/c1-6-7(2)12(3)8-4-5-10-11-9(6)8;1-2/h4-5H,1-3H3;1-2H3. The average molecular weight is 191 g/mol. The van der Waals surface area contributed by atoms with Crippen LogP contribution in [0.2, 0.25) is 0 Å². The lowest BCUT2D eigenvalue weighted by atomic mass is 10.2. The summed E-state index contributed by atoms with van der Waals surface area (Å²) in [5.74, 6) is 0. The van der Waals surface area contributed by atoms with Gasteiger partial charge in [0.2, 0.25) is 0 Å². The number of rotatable bonds is 0. The summed E-state index contributed by atoms with van der Waals surface area (Å²) in [7, 11) is 2.05. The number of aryl methyl sites for hydroxylation is 2. The molecule has 2 heterocycles. The monoisotopic (exact) mass is 191 g/mol. The van der Waals surface area contributed by atoms with Gasteiger partial charge in [-0.2, -0.15) is 5.10 Å². The summed E-state index contributed by atoms with van der Waals surface area (Å²) in [5, 5.41) is 7.96. The zero-order valence-electron chi connectivity index (χ0n) is 9.50. The summed E-state index contributed by atoms with van der Waals surface area (Å²) in [6, 6.07) is 1.99. The lowest BCUT2D eigenvalue weighted by Crippen LogP contribution is -1.90. The number of fused-ring (bicyclic) bond motifs is 1. The zero-order valence-corrected chi connectivity index (χ0v) is 9.50. The molecule has 0 N–H and O–H groups in total. The second-order valence-corrected chi connectivity index (χ2v) is 3.03. The highest BCUT2D eigenvalue weighted by Gasteiger charge is 2.07. The van der Waals surface area contributed by atoms with Crippen LogP contribution in [0.1, 0.15) is 25.1 Å². The van der Waals surface area contributed by atoms with Gasteiger partial charge in [0.15, 0.2) is 0 Å². The molecule has 0 radical (unpaired) electrons. The topological polar surface area (TPSA) is 30.7 Å². The molecule has 3 heteroatoms. The highest BCUT2D eigenvalue weighted by atomic mass is 15.1. The molecule has 14 heavy (non-hydrogen) atoms. The highest BCUT2D eigenvalue weighted by molar-refractivity contribution is 5.80. The number of aromatic nitrogens is 3. The molecule has 0 aromatic carbocycles. The lowest BCUT2D eigenvalue weighted by Gasteiger charge is -1.96. The Balaban J connectivity index is 0.000000461. The molecule has 3 nitrogen and oxygen atoms in total. The van der Waals surface area contributed by atoms with Gasteiger partial charge in [-0.3, -0.25) is 0 Å². The summed E-state index contributed by atoms with van der Waals surface area (Å²) in [6.45, 7) is 8.17. The molecule has 0 aliphatic carbocycles. The normalized spacial score (nSPS) is 9.79. The highest BCUT2D eigenvalue weighted by Crippen LogP contribution is 2.20. The molecule has 0 spiro atoms. The molecule has 0 saturated carbocycles. The third-order valence-electron chi connectivity index (χ3n) is 2.46. The van der Waals surface area contributed by atoms with Gasteiger partial charge in [0.05, 0.1) is 11.7 Å². The first kappa shape index (κ1) is 10.7. The minimum atomic E-state index is 1.01. The smallest absolute Gasteiger partial charge is 0.114 e. The van der Waals surface area contributed by atoms with E-state index in [4.69, 9.17) is 0 Å². The summed E-state index contributed by atoms with van der Waals surface area (Å²) in [6.07, 6.45) is 1.72. The Kier molecular flexibility index (Phi) is 3.23. The van der Waals surface area contributed by atoms with Crippen molar-refractivity contribution in [2.75, 3.05) is 0 Å². The van der Waals surface area contributed by atoms with Crippen LogP contribution in [0.3, 0.4) is 0 Å². The van der Waals surface area contributed by atoms with Crippen LogP contribution in [0.15, 0.2) is 12.3 Å². The van der Waals surface area contributed by atoms with E-state index in [1.807, 2.05) is 27.0 Å². The van der Waals surface area contributed by atoms with Crippen LogP contribution < -0.4 is 0 Å². The Morgan fingerprint density at radius 3 is 2.43 bits per heavy atom. The van der Waals surface area contributed by atoms with Crippen LogP contribution in [0.25, 0.3) is 11.0 Å². The molecule has 0 amide bonds. The third kappa shape index (κ3) is 1.50. The van der Waals surface area contributed by atoms with Gasteiger partial charge in [-0.05, 0) is 25.5 Å². The Hall–Kier alpha value is -1.38. The minimum absolute atomic E-state index is 1.01. The zero-order chi connectivity index (χ0) is 10.7. The van der Waals surface area contributed by atoms with Crippen molar-refractivity contribution in [3.63, 3.8) is 0 Å². The number of hydrogen-bond acceptors (Lipinski definition) is 2. The first-order valence-electron chi connectivity index (χ1n) is 4.95. The molecule has 0 bridgehead atoms. The summed E-state index contributed by atoms with van der Waals surface area (Å²) < 4.78 is 2.14. The van der Waals surface area contributed by atoms with Crippen molar-refractivity contribution in [2.24, 2.45) is 7.05 Å². The molecule has 0 atom stereocenters. The average Bonchev–Trinajstić information content (AvgIpc) is 2.48. The predicted octanol–water partition coefficient (Wildman–Crippen LogP) is 2.61. The van der Waals surface area contributed by atoms with E-state index in [2.05, 4.69) is 28.6 Å². The Bertz CT molecular complexity index is 390. The maximum absolute atomic E-state index is 4.09. The molecule has 2 rings (SSSR count). The van der Waals surface area contributed by atoms with Crippen molar-refractivity contribution >= 4 is 11.0 Å². The molecule has 0 unspecified atom stereocenters. The van der Waals surface area contributed by atoms with Crippen LogP contribution >= 0.6 is 0 Å². The second kappa shape index (κ2) is 4.22. The van der Waals surface area contributed by atoms with Crippen LogP contribution in [0.4, 0.5) is 0 Å². The number of nitrogens with zero attached hydrogens (tertiary/aromatic N) is 3. The van der Waals surface area contributed by atoms with Crippen molar-refractivity contribution in [3.05, 3.63) is 23.5 Å². The predicted molar refractivity (Wildman–Crippen MR) is 59.3 cm³/mol. The van der Waals surface area contributed by atoms with Crippen molar-refractivity contribution in [1.29, 1.82) is 0 Å². The van der Waals surface area contributed by atoms with E-state index in [1.165, 1.54) is 11.3 Å². The van der Waals surface area contributed by atoms with E-state index in [0.29, 0.717) is 0 Å². The molecule has 0 saturated heterocycles. The van der Waals surface area contributed by atoms with Gasteiger partial charge < -0.3 is 4.57 Å². The number of hydrogen-bond donors (Lipinski definition) is 0. The van der Waals surface area contributed by atoms with E-state index in [1.54, 1.807) is 6.20 Å². The molecular weight excluding hydrogens is 174 g/mol. The van der Waals surface area contributed by atoms with Gasteiger partial charge in [-0.25, -0.2) is 0 Å². The van der Waals surface area contributed by atoms with E-state index >= 15 is 0 Å². The van der Waals surface area contributed by atoms with E-state index in [9.17, 15) is 0 Å². The first-order valence-corrected chi connectivity index (χ1v) is 4.95. The van der Waals surface area contributed by atoms with Gasteiger partial charge >= 0.3 is 0 Å². The SMILES string of the molecule is CC.Cc1c(C)n(C)c2ccnnc12. The molecule has 2 aromatic heterocycles. The molecule has 0 aliphatic rings. The van der Waals surface area contributed by atoms with Gasteiger partial charge in [0, 0.05) is 12.7 Å². The molecule has 0 fully saturated rings. The van der Waals surface area contributed by atoms with Crippen molar-refractivity contribution in [2.45, 2.75) is 27.7 Å². The van der Waals surface area contributed by atoms with Crippen LogP contribution in [0, 0.1) is 13.8 Å². The van der Waals surface area contributed by atoms with Gasteiger partial charge in [-0.1, -0.05) is 13.8 Å². The van der Waals surface area contributed by atoms with E-state index in [0.717, 1.165) is 11.0 Å². The molecular formula is C11H17N3. The van der Waals surface area contributed by atoms with E-state index < -0.39 is 0 Å². The molecule has 76 valence electrons. The fourth-order valence-electron chi connectivity index (χ4n) is 1.47. The largest absolute Gasteiger partial charge is 0.346 e. The van der Waals surface area contributed by atoms with Crippen LogP contribution in [-0.2, 0) is 7.05 Å². The maximum Gasteiger partial charge on any atom is 0.114 e. The van der Waals surface area contributed by atoms with Crippen molar-refractivity contribution in [1.82, 2.24) is 14.8 Å². The Morgan fingerprint density at radius 2 is 1.86 bits per heavy atom. The van der Waals surface area contributed by atoms with Crippen molar-refractivity contribution in [3.8, 4) is 0 Å². The van der Waals surface area contributed by atoms with Gasteiger partial charge in [-0.15, -0.1) is 5.10 Å². The van der Waals surface area contributed by atoms with Gasteiger partial charge in [0.1, 0.15) is 5.52 Å². The summed E-state index contributed by atoms with van der Waals surface area (Å²) in [5.41, 5.74) is 4.64. The Morgan fingerprint density at radius 1 is 1.21 bits per heavy atom. The fourth-order valence-corrected chi connectivity index (χ4v) is 1.47. The van der Waals surface area contributed by atoms with Crippen LogP contribution in [0.5, 0.6) is 0 Å². The maximum atomic E-state index is 4.09. The van der Waals surface area contributed by atoms with Crippen LogP contribution in [-0.4, -0.2) is 14.8 Å². The van der Waals surface area contributed by atoms with E-state index in [-0.39, 0.29) is 0 Å². The first-order chi connectivity index (χ1) is 6.72. The van der Waals surface area contributed by atoms with Crippen molar-refractivity contribution < 1.29 is 0 Å². The third-order valence-corrected chi connectivity index (χ3v) is 2.46. The Labute approximate surface area is 84.8 Å². The molecule has 0 aliphatic heterocycles. The summed E-state index contributed by atoms with van der Waals surface area (Å²) in [4.78, 5) is 0. The summed E-state index contributed by atoms with van der Waals surface area (Å²) >= 11 is 0. The quantitative estimate of drug-likeness (QED) is 0.641.